The van der Waals surface area contributed by atoms with Crippen LogP contribution in [0.5, 0.6) is 0 Å². The molecular formula is C22H26ClN3O2S. The molecule has 7 heteroatoms. The molecule has 0 saturated carbocycles. The van der Waals surface area contributed by atoms with E-state index in [4.69, 9.17) is 11.6 Å². The summed E-state index contributed by atoms with van der Waals surface area (Å²) in [5.74, 6) is 0. The Morgan fingerprint density at radius 2 is 1.79 bits per heavy atom. The molecule has 154 valence electrons. The maximum absolute atomic E-state index is 13.5. The van der Waals surface area contributed by atoms with Crippen LogP contribution in [0.4, 0.5) is 0 Å². The quantitative estimate of drug-likeness (QED) is 0.533. The van der Waals surface area contributed by atoms with Gasteiger partial charge in [-0.15, -0.1) is 0 Å². The number of pyridine rings is 1. The fraction of sp³-hybridized carbons (Fsp3) is 0.409. The molecule has 0 N–H and O–H groups in total. The molecule has 0 amide bonds. The first kappa shape index (κ1) is 20.4. The van der Waals surface area contributed by atoms with Crippen LogP contribution in [-0.2, 0) is 16.4 Å². The van der Waals surface area contributed by atoms with E-state index in [1.54, 1.807) is 30.3 Å². The number of benzene rings is 1. The summed E-state index contributed by atoms with van der Waals surface area (Å²) in [6.45, 7) is 5.09. The second-order valence-corrected chi connectivity index (χ2v) is 9.86. The molecule has 1 aliphatic rings. The van der Waals surface area contributed by atoms with Crippen molar-refractivity contribution in [3.8, 4) is 0 Å². The molecule has 3 heterocycles. The third-order valence-corrected chi connectivity index (χ3v) is 7.61. The van der Waals surface area contributed by atoms with Gasteiger partial charge in [0.2, 0.25) is 0 Å². The Labute approximate surface area is 177 Å². The predicted molar refractivity (Wildman–Crippen MR) is 117 cm³/mol. The summed E-state index contributed by atoms with van der Waals surface area (Å²) < 4.78 is 28.5. The summed E-state index contributed by atoms with van der Waals surface area (Å²) in [7, 11) is -3.73. The van der Waals surface area contributed by atoms with Crippen molar-refractivity contribution in [2.24, 2.45) is 0 Å². The number of likely N-dealkylation sites (tertiary alicyclic amines) is 1. The standard InChI is InChI=1S/C22H26ClN3O2S/c1-17-15-21-20(22(23)24-17)16-18(9-8-14-25-12-6-3-7-13-25)26(21)29(27,28)19-10-4-2-5-11-19/h2,4-5,10-11,15-16H,3,6-9,12-14H2,1H3. The lowest BCUT2D eigenvalue weighted by Crippen LogP contribution is -2.30. The van der Waals surface area contributed by atoms with Crippen molar-refractivity contribution in [3.05, 3.63) is 59.0 Å². The largest absolute Gasteiger partial charge is 0.303 e. The molecule has 0 atom stereocenters. The predicted octanol–water partition coefficient (Wildman–Crippen LogP) is 4.65. The number of fused-ring (bicyclic) bond motifs is 1. The summed E-state index contributed by atoms with van der Waals surface area (Å²) in [5, 5.41) is 1.03. The van der Waals surface area contributed by atoms with Gasteiger partial charge in [-0.1, -0.05) is 36.2 Å². The zero-order valence-electron chi connectivity index (χ0n) is 16.6. The van der Waals surface area contributed by atoms with Crippen molar-refractivity contribution >= 4 is 32.5 Å². The van der Waals surface area contributed by atoms with Crippen molar-refractivity contribution in [1.29, 1.82) is 0 Å². The van der Waals surface area contributed by atoms with Gasteiger partial charge in [0.15, 0.2) is 0 Å². The molecule has 0 unspecified atom stereocenters. The molecule has 0 aliphatic carbocycles. The van der Waals surface area contributed by atoms with E-state index < -0.39 is 10.0 Å². The summed E-state index contributed by atoms with van der Waals surface area (Å²) in [5.41, 5.74) is 2.06. The summed E-state index contributed by atoms with van der Waals surface area (Å²) in [6.07, 6.45) is 5.40. The topological polar surface area (TPSA) is 55.2 Å². The first-order chi connectivity index (χ1) is 14.0. The van der Waals surface area contributed by atoms with E-state index in [9.17, 15) is 8.42 Å². The molecule has 1 saturated heterocycles. The monoisotopic (exact) mass is 431 g/mol. The zero-order chi connectivity index (χ0) is 20.4. The lowest BCUT2D eigenvalue weighted by atomic mass is 10.1. The number of aryl methyl sites for hydroxylation is 2. The van der Waals surface area contributed by atoms with Crippen LogP contribution in [0.25, 0.3) is 10.9 Å². The van der Waals surface area contributed by atoms with E-state index in [1.807, 2.05) is 19.1 Å². The normalized spacial score (nSPS) is 15.8. The Morgan fingerprint density at radius 3 is 2.52 bits per heavy atom. The van der Waals surface area contributed by atoms with Gasteiger partial charge in [0.05, 0.1) is 10.4 Å². The van der Waals surface area contributed by atoms with Gasteiger partial charge in [0.1, 0.15) is 5.15 Å². The summed E-state index contributed by atoms with van der Waals surface area (Å²) in [4.78, 5) is 7.06. The average Bonchev–Trinajstić information content (AvgIpc) is 3.09. The van der Waals surface area contributed by atoms with Crippen LogP contribution in [0.1, 0.15) is 37.1 Å². The van der Waals surface area contributed by atoms with Crippen LogP contribution in [0.15, 0.2) is 47.4 Å². The van der Waals surface area contributed by atoms with E-state index in [0.717, 1.165) is 31.7 Å². The van der Waals surface area contributed by atoms with Gasteiger partial charge in [-0.25, -0.2) is 17.4 Å². The Hall–Kier alpha value is -1.89. The number of hydrogen-bond acceptors (Lipinski definition) is 4. The SMILES string of the molecule is Cc1cc2c(cc(CCCN3CCCCC3)n2S(=O)(=O)c2ccccc2)c(Cl)n1. The third kappa shape index (κ3) is 4.20. The molecule has 2 aromatic heterocycles. The lowest BCUT2D eigenvalue weighted by Gasteiger charge is -2.26. The number of aromatic nitrogens is 2. The molecule has 0 bridgehead atoms. The van der Waals surface area contributed by atoms with E-state index >= 15 is 0 Å². The molecule has 4 rings (SSSR count). The van der Waals surface area contributed by atoms with Crippen molar-refractivity contribution in [3.63, 3.8) is 0 Å². The van der Waals surface area contributed by atoms with Gasteiger partial charge in [-0.3, -0.25) is 0 Å². The van der Waals surface area contributed by atoms with Gasteiger partial charge >= 0.3 is 0 Å². The minimum Gasteiger partial charge on any atom is -0.303 e. The fourth-order valence-corrected chi connectivity index (χ4v) is 5.99. The maximum atomic E-state index is 13.5. The van der Waals surface area contributed by atoms with Crippen molar-refractivity contribution in [1.82, 2.24) is 13.9 Å². The van der Waals surface area contributed by atoms with E-state index in [1.165, 1.54) is 23.2 Å². The number of piperidine rings is 1. The maximum Gasteiger partial charge on any atom is 0.268 e. The summed E-state index contributed by atoms with van der Waals surface area (Å²) >= 11 is 6.37. The molecule has 1 fully saturated rings. The van der Waals surface area contributed by atoms with Crippen molar-refractivity contribution < 1.29 is 8.42 Å². The minimum absolute atomic E-state index is 0.278. The Kier molecular flexibility index (Phi) is 5.95. The van der Waals surface area contributed by atoms with Gasteiger partial charge in [-0.05, 0) is 76.5 Å². The van der Waals surface area contributed by atoms with Crippen LogP contribution >= 0.6 is 11.6 Å². The lowest BCUT2D eigenvalue weighted by molar-refractivity contribution is 0.226. The second kappa shape index (κ2) is 8.46. The van der Waals surface area contributed by atoms with Crippen molar-refractivity contribution in [2.75, 3.05) is 19.6 Å². The molecular weight excluding hydrogens is 406 g/mol. The zero-order valence-corrected chi connectivity index (χ0v) is 18.2. The van der Waals surface area contributed by atoms with Gasteiger partial charge in [0.25, 0.3) is 10.0 Å². The number of hydrogen-bond donors (Lipinski definition) is 0. The highest BCUT2D eigenvalue weighted by Gasteiger charge is 2.24. The van der Waals surface area contributed by atoms with E-state index in [2.05, 4.69) is 9.88 Å². The van der Waals surface area contributed by atoms with Gasteiger partial charge in [0, 0.05) is 16.8 Å². The first-order valence-corrected chi connectivity index (χ1v) is 12.0. The van der Waals surface area contributed by atoms with E-state index in [-0.39, 0.29) is 4.90 Å². The Bertz CT molecular complexity index is 1100. The number of halogens is 1. The van der Waals surface area contributed by atoms with Crippen molar-refractivity contribution in [2.45, 2.75) is 43.9 Å². The molecule has 5 nitrogen and oxygen atoms in total. The molecule has 29 heavy (non-hydrogen) atoms. The molecule has 0 radical (unpaired) electrons. The van der Waals surface area contributed by atoms with Gasteiger partial charge in [-0.2, -0.15) is 0 Å². The van der Waals surface area contributed by atoms with Crippen LogP contribution in [0.3, 0.4) is 0 Å². The highest BCUT2D eigenvalue weighted by atomic mass is 35.5. The van der Waals surface area contributed by atoms with E-state index in [0.29, 0.717) is 28.2 Å². The molecule has 1 aromatic carbocycles. The number of nitrogens with zero attached hydrogens (tertiary/aromatic N) is 3. The Morgan fingerprint density at radius 1 is 1.07 bits per heavy atom. The highest BCUT2D eigenvalue weighted by molar-refractivity contribution is 7.90. The molecule has 3 aromatic rings. The molecule has 0 spiro atoms. The average molecular weight is 432 g/mol. The highest BCUT2D eigenvalue weighted by Crippen LogP contribution is 2.31. The second-order valence-electron chi connectivity index (χ2n) is 7.71. The molecule has 1 aliphatic heterocycles. The summed E-state index contributed by atoms with van der Waals surface area (Å²) in [6, 6.07) is 12.3. The van der Waals surface area contributed by atoms with Crippen LogP contribution in [0, 0.1) is 6.92 Å². The smallest absolute Gasteiger partial charge is 0.268 e. The number of rotatable bonds is 6. The minimum atomic E-state index is -3.73. The fourth-order valence-electron chi connectivity index (χ4n) is 4.13. The van der Waals surface area contributed by atoms with Crippen LogP contribution < -0.4 is 0 Å². The van der Waals surface area contributed by atoms with Crippen LogP contribution in [0.2, 0.25) is 5.15 Å². The first-order valence-electron chi connectivity index (χ1n) is 10.2. The Balaban J connectivity index is 1.73. The third-order valence-electron chi connectivity index (χ3n) is 5.55. The van der Waals surface area contributed by atoms with Crippen LogP contribution in [-0.4, -0.2) is 41.9 Å². The van der Waals surface area contributed by atoms with Gasteiger partial charge < -0.3 is 4.90 Å².